The van der Waals surface area contributed by atoms with Gasteiger partial charge in [0.1, 0.15) is 0 Å². The van der Waals surface area contributed by atoms with Crippen LogP contribution in [0.1, 0.15) is 44.9 Å². The van der Waals surface area contributed by atoms with Gasteiger partial charge in [-0.05, 0) is 55.6 Å². The molecule has 0 aliphatic carbocycles. The first-order valence-electron chi connectivity index (χ1n) is 9.84. The lowest BCUT2D eigenvalue weighted by Crippen LogP contribution is -2.40. The molecule has 4 rings (SSSR count). The second-order valence-corrected chi connectivity index (χ2v) is 7.50. The van der Waals surface area contributed by atoms with Crippen molar-refractivity contribution in [3.8, 4) is 0 Å². The molecule has 156 valence electrons. The molecule has 31 heavy (non-hydrogen) atoms. The molecule has 0 saturated heterocycles. The van der Waals surface area contributed by atoms with Gasteiger partial charge in [0.25, 0.3) is 17.7 Å². The van der Waals surface area contributed by atoms with E-state index in [9.17, 15) is 19.2 Å². The minimum atomic E-state index is -0.670. The number of benzene rings is 3. The SMILES string of the molecule is CC(C)NC(=O)COC(=O)c1ccc(N2C(=O)c3cccc4cccc(c34)C2=O)cc1. The highest BCUT2D eigenvalue weighted by atomic mass is 16.5. The summed E-state index contributed by atoms with van der Waals surface area (Å²) in [6.45, 7) is 3.23. The standard InChI is InChI=1S/C24H20N2O5/c1-14(2)25-20(27)13-31-24(30)16-9-11-17(12-10-16)26-22(28)18-7-3-5-15-6-4-8-19(21(15)18)23(26)29/h3-12,14H,13H2,1-2H3,(H,25,27). The van der Waals surface area contributed by atoms with Crippen LogP contribution in [-0.2, 0) is 9.53 Å². The highest BCUT2D eigenvalue weighted by Gasteiger charge is 2.33. The van der Waals surface area contributed by atoms with Crippen molar-refractivity contribution >= 4 is 40.2 Å². The van der Waals surface area contributed by atoms with Gasteiger partial charge in [0, 0.05) is 22.6 Å². The number of anilines is 1. The number of hydrogen-bond acceptors (Lipinski definition) is 5. The van der Waals surface area contributed by atoms with Gasteiger partial charge in [-0.15, -0.1) is 0 Å². The predicted molar refractivity (Wildman–Crippen MR) is 115 cm³/mol. The number of nitrogens with zero attached hydrogens (tertiary/aromatic N) is 1. The van der Waals surface area contributed by atoms with Crippen LogP contribution in [0.4, 0.5) is 5.69 Å². The smallest absolute Gasteiger partial charge is 0.338 e. The lowest BCUT2D eigenvalue weighted by molar-refractivity contribution is -0.124. The molecule has 7 nitrogen and oxygen atoms in total. The molecule has 0 unspecified atom stereocenters. The number of hydrogen-bond donors (Lipinski definition) is 1. The fourth-order valence-corrected chi connectivity index (χ4v) is 3.59. The van der Waals surface area contributed by atoms with Crippen LogP contribution in [-0.4, -0.2) is 36.3 Å². The van der Waals surface area contributed by atoms with E-state index in [1.807, 2.05) is 12.1 Å². The van der Waals surface area contributed by atoms with Crippen molar-refractivity contribution in [2.24, 2.45) is 0 Å². The molecule has 1 N–H and O–H groups in total. The summed E-state index contributed by atoms with van der Waals surface area (Å²) in [7, 11) is 0. The van der Waals surface area contributed by atoms with E-state index in [2.05, 4.69) is 5.32 Å². The zero-order valence-electron chi connectivity index (χ0n) is 17.0. The first kappa shape index (κ1) is 20.3. The van der Waals surface area contributed by atoms with Gasteiger partial charge >= 0.3 is 5.97 Å². The predicted octanol–water partition coefficient (Wildman–Crippen LogP) is 3.32. The highest BCUT2D eigenvalue weighted by Crippen LogP contribution is 2.32. The van der Waals surface area contributed by atoms with Crippen molar-refractivity contribution in [3.05, 3.63) is 77.4 Å². The Morgan fingerprint density at radius 3 is 2.03 bits per heavy atom. The monoisotopic (exact) mass is 416 g/mol. The molecule has 0 aromatic heterocycles. The zero-order valence-corrected chi connectivity index (χ0v) is 17.0. The van der Waals surface area contributed by atoms with Crippen LogP contribution in [0, 0.1) is 0 Å². The quantitative estimate of drug-likeness (QED) is 0.509. The molecule has 0 spiro atoms. The Labute approximate surface area is 178 Å². The average molecular weight is 416 g/mol. The summed E-state index contributed by atoms with van der Waals surface area (Å²) < 4.78 is 5.00. The lowest BCUT2D eigenvalue weighted by Gasteiger charge is -2.27. The Bertz CT molecular complexity index is 1160. The molecule has 7 heteroatoms. The zero-order chi connectivity index (χ0) is 22.1. The third-order valence-electron chi connectivity index (χ3n) is 4.92. The van der Waals surface area contributed by atoms with E-state index in [1.165, 1.54) is 24.3 Å². The molecule has 3 amide bonds. The minimum absolute atomic E-state index is 0.0546. The number of esters is 1. The maximum absolute atomic E-state index is 13.1. The van der Waals surface area contributed by atoms with Crippen LogP contribution in [0.15, 0.2) is 60.7 Å². The van der Waals surface area contributed by atoms with Gasteiger partial charge in [-0.1, -0.05) is 24.3 Å². The van der Waals surface area contributed by atoms with E-state index in [4.69, 9.17) is 4.74 Å². The Kier molecular flexibility index (Phi) is 5.25. The molecule has 1 heterocycles. The summed E-state index contributed by atoms with van der Waals surface area (Å²) in [5.74, 6) is -1.90. The van der Waals surface area contributed by atoms with Crippen molar-refractivity contribution in [1.29, 1.82) is 0 Å². The van der Waals surface area contributed by atoms with Gasteiger partial charge in [0.2, 0.25) is 0 Å². The van der Waals surface area contributed by atoms with E-state index in [-0.39, 0.29) is 18.2 Å². The van der Waals surface area contributed by atoms with E-state index in [0.717, 1.165) is 10.3 Å². The van der Waals surface area contributed by atoms with Crippen molar-refractivity contribution in [2.45, 2.75) is 19.9 Å². The number of nitrogens with one attached hydrogen (secondary N) is 1. The topological polar surface area (TPSA) is 92.8 Å². The molecule has 0 radical (unpaired) electrons. The molecular formula is C24H20N2O5. The summed E-state index contributed by atoms with van der Waals surface area (Å²) in [6.07, 6.45) is 0. The van der Waals surface area contributed by atoms with Gasteiger partial charge in [-0.2, -0.15) is 0 Å². The van der Waals surface area contributed by atoms with Crippen LogP contribution in [0.25, 0.3) is 10.8 Å². The fraction of sp³-hybridized carbons (Fsp3) is 0.167. The molecule has 3 aromatic rings. The number of ether oxygens (including phenoxy) is 1. The summed E-state index contributed by atoms with van der Waals surface area (Å²) >= 11 is 0. The molecular weight excluding hydrogens is 396 g/mol. The molecule has 1 aliphatic heterocycles. The van der Waals surface area contributed by atoms with Crippen LogP contribution in [0.2, 0.25) is 0 Å². The summed E-state index contributed by atoms with van der Waals surface area (Å²) in [5, 5.41) is 4.11. The highest BCUT2D eigenvalue weighted by molar-refractivity contribution is 6.35. The third-order valence-corrected chi connectivity index (χ3v) is 4.92. The Morgan fingerprint density at radius 1 is 0.903 bits per heavy atom. The molecule has 0 bridgehead atoms. The summed E-state index contributed by atoms with van der Waals surface area (Å²) in [5.41, 5.74) is 1.45. The maximum atomic E-state index is 13.1. The molecule has 0 atom stereocenters. The minimum Gasteiger partial charge on any atom is -0.452 e. The molecule has 1 aliphatic rings. The fourth-order valence-electron chi connectivity index (χ4n) is 3.59. The van der Waals surface area contributed by atoms with Gasteiger partial charge in [-0.25, -0.2) is 9.69 Å². The largest absolute Gasteiger partial charge is 0.452 e. The van der Waals surface area contributed by atoms with Gasteiger partial charge < -0.3 is 10.1 Å². The summed E-state index contributed by atoms with van der Waals surface area (Å²) in [4.78, 5) is 51.1. The third kappa shape index (κ3) is 3.77. The van der Waals surface area contributed by atoms with Crippen LogP contribution >= 0.6 is 0 Å². The van der Waals surface area contributed by atoms with Crippen LogP contribution in [0.3, 0.4) is 0 Å². The number of carbonyl (C=O) groups excluding carboxylic acids is 4. The first-order valence-corrected chi connectivity index (χ1v) is 9.84. The normalized spacial score (nSPS) is 12.9. The van der Waals surface area contributed by atoms with Crippen molar-refractivity contribution in [1.82, 2.24) is 5.32 Å². The molecule has 0 fully saturated rings. The van der Waals surface area contributed by atoms with Gasteiger partial charge in [0.05, 0.1) is 11.3 Å². The number of rotatable bonds is 5. The van der Waals surface area contributed by atoms with E-state index < -0.39 is 23.7 Å². The average Bonchev–Trinajstić information content (AvgIpc) is 2.76. The second kappa shape index (κ2) is 8.02. The Morgan fingerprint density at radius 2 is 1.48 bits per heavy atom. The van der Waals surface area contributed by atoms with Gasteiger partial charge in [-0.3, -0.25) is 14.4 Å². The van der Waals surface area contributed by atoms with Crippen molar-refractivity contribution in [2.75, 3.05) is 11.5 Å². The van der Waals surface area contributed by atoms with Crippen LogP contribution in [0.5, 0.6) is 0 Å². The van der Waals surface area contributed by atoms with Crippen LogP contribution < -0.4 is 10.2 Å². The van der Waals surface area contributed by atoms with Gasteiger partial charge in [0.15, 0.2) is 6.61 Å². The second-order valence-electron chi connectivity index (χ2n) is 7.50. The number of imide groups is 1. The molecule has 3 aromatic carbocycles. The first-order chi connectivity index (χ1) is 14.9. The van der Waals surface area contributed by atoms with E-state index >= 15 is 0 Å². The van der Waals surface area contributed by atoms with Crippen molar-refractivity contribution in [3.63, 3.8) is 0 Å². The van der Waals surface area contributed by atoms with Crippen molar-refractivity contribution < 1.29 is 23.9 Å². The number of amides is 3. The molecule has 0 saturated carbocycles. The Balaban J connectivity index is 1.56. The van der Waals surface area contributed by atoms with E-state index in [1.54, 1.807) is 38.1 Å². The summed E-state index contributed by atoms with van der Waals surface area (Å²) in [6, 6.07) is 16.6. The Hall–Kier alpha value is -4.00. The number of carbonyl (C=O) groups is 4. The lowest BCUT2D eigenvalue weighted by atomic mass is 9.94. The maximum Gasteiger partial charge on any atom is 0.338 e. The van der Waals surface area contributed by atoms with E-state index in [0.29, 0.717) is 22.2 Å².